The Balaban J connectivity index is 0. The van der Waals surface area contributed by atoms with Crippen LogP contribution in [-0.2, 0) is 20.2 Å². The third-order valence-corrected chi connectivity index (χ3v) is 3.39. The van der Waals surface area contributed by atoms with Gasteiger partial charge in [-0.05, 0) is 18.2 Å². The van der Waals surface area contributed by atoms with Crippen molar-refractivity contribution >= 4 is 26.5 Å². The van der Waals surface area contributed by atoms with Crippen LogP contribution >= 0.6 is 0 Å². The number of aldehydes is 1. The van der Waals surface area contributed by atoms with Gasteiger partial charge >= 0.3 is 37.7 Å². The topological polar surface area (TPSA) is 131 Å². The van der Waals surface area contributed by atoms with Crippen LogP contribution in [0.5, 0.6) is 0 Å². The Morgan fingerprint density at radius 2 is 1.44 bits per heavy atom. The first kappa shape index (κ1) is 20.2. The second-order valence-corrected chi connectivity index (χ2v) is 5.45. The van der Waals surface area contributed by atoms with Crippen molar-refractivity contribution in [3.63, 3.8) is 0 Å². The molecule has 0 saturated heterocycles. The average Bonchev–Trinajstić information content (AvgIpc) is 2.14. The first-order valence-corrected chi connectivity index (χ1v) is 6.49. The van der Waals surface area contributed by atoms with E-state index in [9.17, 15) is 30.7 Å². The van der Waals surface area contributed by atoms with E-state index in [4.69, 9.17) is 0 Å². The van der Waals surface area contributed by atoms with Crippen LogP contribution in [0, 0.1) is 0 Å². The molecule has 88 valence electrons. The van der Waals surface area contributed by atoms with Crippen molar-refractivity contribution in [1.82, 2.24) is 0 Å². The van der Waals surface area contributed by atoms with E-state index in [2.05, 4.69) is 0 Å². The Bertz CT molecular complexity index is 636. The van der Waals surface area contributed by atoms with E-state index < -0.39 is 35.6 Å². The van der Waals surface area contributed by atoms with Crippen LogP contribution in [0.15, 0.2) is 28.0 Å². The molecule has 0 saturated carbocycles. The third-order valence-electron chi connectivity index (χ3n) is 1.67. The number of carbonyl (C=O) groups is 1. The zero-order chi connectivity index (χ0) is 12.6. The number of rotatable bonds is 3. The summed E-state index contributed by atoms with van der Waals surface area (Å²) in [6, 6.07) is 1.90. The molecule has 0 fully saturated rings. The minimum Gasteiger partial charge on any atom is -0.744 e. The van der Waals surface area contributed by atoms with Gasteiger partial charge in [-0.2, -0.15) is 0 Å². The van der Waals surface area contributed by atoms with Gasteiger partial charge in [-0.1, -0.05) is 0 Å². The van der Waals surface area contributed by atoms with Gasteiger partial charge in [-0.3, -0.25) is 4.79 Å². The molecular weight excluding hydrogens is 274 g/mol. The molecule has 0 atom stereocenters. The van der Waals surface area contributed by atoms with Gasteiger partial charge < -0.3 is 9.11 Å². The average molecular weight is 278 g/mol. The molecule has 0 N–H and O–H groups in total. The number of hydrogen-bond donors (Lipinski definition) is 0. The molecule has 0 bridgehead atoms. The molecule has 7 nitrogen and oxygen atoms in total. The molecule has 11 heteroatoms. The molecule has 1 aromatic carbocycles. The minimum absolute atomic E-state index is 0. The van der Waals surface area contributed by atoms with Crippen molar-refractivity contribution < 1.29 is 68.5 Å². The van der Waals surface area contributed by atoms with Crippen molar-refractivity contribution in [2.24, 2.45) is 0 Å². The van der Waals surface area contributed by atoms with E-state index in [-0.39, 0.29) is 44.0 Å². The van der Waals surface area contributed by atoms with Gasteiger partial charge in [0, 0.05) is 5.56 Å². The SMILES string of the molecule is O=Cc1ccc(S(=O)(=O)[O-])cc1S(=O)(=O)[O-].[Li+].[Li+]. The predicted molar refractivity (Wildman–Crippen MR) is 47.8 cm³/mol. The summed E-state index contributed by atoms with van der Waals surface area (Å²) in [7, 11) is -9.89. The van der Waals surface area contributed by atoms with Gasteiger partial charge in [-0.25, -0.2) is 16.8 Å². The van der Waals surface area contributed by atoms with Crippen LogP contribution < -0.4 is 37.7 Å². The third kappa shape index (κ3) is 4.88. The summed E-state index contributed by atoms with van der Waals surface area (Å²) in [5.74, 6) is 0. The van der Waals surface area contributed by atoms with Crippen LogP contribution in [0.1, 0.15) is 10.4 Å². The summed E-state index contributed by atoms with van der Waals surface area (Å²) in [6.07, 6.45) is 0.0754. The molecule has 0 aromatic heterocycles. The summed E-state index contributed by atoms with van der Waals surface area (Å²) in [4.78, 5) is 8.49. The maximum absolute atomic E-state index is 10.7. The fourth-order valence-corrected chi connectivity index (χ4v) is 2.23. The first-order valence-electron chi connectivity index (χ1n) is 3.67. The van der Waals surface area contributed by atoms with E-state index in [1.807, 2.05) is 0 Å². The Labute approximate surface area is 128 Å². The van der Waals surface area contributed by atoms with E-state index in [1.54, 1.807) is 0 Å². The summed E-state index contributed by atoms with van der Waals surface area (Å²) in [5.41, 5.74) is -0.498. The fourth-order valence-electron chi connectivity index (χ4n) is 0.984. The Morgan fingerprint density at radius 1 is 0.944 bits per heavy atom. The van der Waals surface area contributed by atoms with Crippen molar-refractivity contribution in [2.75, 3.05) is 0 Å². The Morgan fingerprint density at radius 3 is 1.78 bits per heavy atom. The smallest absolute Gasteiger partial charge is 0.744 e. The van der Waals surface area contributed by atoms with Crippen LogP contribution in [-0.4, -0.2) is 32.2 Å². The molecule has 0 radical (unpaired) electrons. The van der Waals surface area contributed by atoms with E-state index in [1.165, 1.54) is 0 Å². The molecular formula is C7H4Li2O7S2. The standard InChI is InChI=1S/C7H6O7S2.2Li/c8-4-5-1-2-6(15(9,10)11)3-7(5)16(12,13)14;;/h1-4H,(H,9,10,11)(H,12,13,14);;/q;2*+1/p-2. The monoisotopic (exact) mass is 278 g/mol. The Hall–Kier alpha value is -0.0952. The maximum atomic E-state index is 10.7. The molecule has 0 heterocycles. The maximum Gasteiger partial charge on any atom is 1.00 e. The van der Waals surface area contributed by atoms with Crippen molar-refractivity contribution in [1.29, 1.82) is 0 Å². The quantitative estimate of drug-likeness (QED) is 0.305. The molecule has 1 rings (SSSR count). The molecule has 0 aliphatic rings. The van der Waals surface area contributed by atoms with Crippen molar-refractivity contribution in [3.05, 3.63) is 23.8 Å². The van der Waals surface area contributed by atoms with Crippen molar-refractivity contribution in [2.45, 2.75) is 9.79 Å². The van der Waals surface area contributed by atoms with E-state index >= 15 is 0 Å². The Kier molecular flexibility index (Phi) is 7.75. The predicted octanol–water partition coefficient (Wildman–Crippen LogP) is -6.68. The van der Waals surface area contributed by atoms with Gasteiger partial charge in [0.2, 0.25) is 0 Å². The van der Waals surface area contributed by atoms with Crippen molar-refractivity contribution in [3.8, 4) is 0 Å². The van der Waals surface area contributed by atoms with Gasteiger partial charge in [0.1, 0.15) is 20.2 Å². The summed E-state index contributed by atoms with van der Waals surface area (Å²) < 4.78 is 63.8. The molecule has 18 heavy (non-hydrogen) atoms. The normalized spacial score (nSPS) is 11.0. The zero-order valence-corrected chi connectivity index (χ0v) is 11.1. The second kappa shape index (κ2) is 6.89. The molecule has 1 aromatic rings. The van der Waals surface area contributed by atoms with Gasteiger partial charge in [-0.15, -0.1) is 0 Å². The minimum atomic E-state index is -5.01. The molecule has 0 unspecified atom stereocenters. The summed E-state index contributed by atoms with van der Waals surface area (Å²) in [6.45, 7) is 0. The molecule has 0 aliphatic carbocycles. The fraction of sp³-hybridized carbons (Fsp3) is 0. The summed E-state index contributed by atoms with van der Waals surface area (Å²) >= 11 is 0. The number of hydrogen-bond acceptors (Lipinski definition) is 7. The van der Waals surface area contributed by atoms with E-state index in [0.29, 0.717) is 6.07 Å². The van der Waals surface area contributed by atoms with Crippen LogP contribution in [0.25, 0.3) is 0 Å². The van der Waals surface area contributed by atoms with E-state index in [0.717, 1.165) is 12.1 Å². The van der Waals surface area contributed by atoms with Gasteiger partial charge in [0.05, 0.1) is 9.79 Å². The van der Waals surface area contributed by atoms with Crippen LogP contribution in [0.4, 0.5) is 0 Å². The first-order chi connectivity index (χ1) is 7.16. The molecule has 0 amide bonds. The molecule has 0 spiro atoms. The number of carbonyl (C=O) groups excluding carboxylic acids is 1. The van der Waals surface area contributed by atoms with Gasteiger partial charge in [0.15, 0.2) is 6.29 Å². The van der Waals surface area contributed by atoms with Crippen LogP contribution in [0.3, 0.4) is 0 Å². The van der Waals surface area contributed by atoms with Gasteiger partial charge in [0.25, 0.3) is 0 Å². The second-order valence-electron chi connectivity index (χ2n) is 2.73. The largest absolute Gasteiger partial charge is 1.00 e. The molecule has 0 aliphatic heterocycles. The van der Waals surface area contributed by atoms with Crippen LogP contribution in [0.2, 0.25) is 0 Å². The summed E-state index contributed by atoms with van der Waals surface area (Å²) in [5, 5.41) is 0. The zero-order valence-electron chi connectivity index (χ0n) is 9.48. The number of benzene rings is 1.